The molecule has 0 radical (unpaired) electrons. The van der Waals surface area contributed by atoms with Gasteiger partial charge in [0.15, 0.2) is 0 Å². The van der Waals surface area contributed by atoms with Gasteiger partial charge in [-0.15, -0.1) is 0 Å². The highest BCUT2D eigenvalue weighted by Gasteiger charge is 2.28. The lowest BCUT2D eigenvalue weighted by molar-refractivity contribution is -0.141. The normalized spacial score (nSPS) is 14.8. The molecule has 0 spiro atoms. The van der Waals surface area contributed by atoms with Crippen LogP contribution in [0.3, 0.4) is 0 Å². The Hall–Kier alpha value is -2.64. The molecule has 0 fully saturated rings. The van der Waals surface area contributed by atoms with E-state index in [4.69, 9.17) is 10.8 Å². The molecule has 4 atom stereocenters. The predicted octanol–water partition coefficient (Wildman–Crippen LogP) is -2.42. The number of carbonyl (C=O) groups is 4. The number of aliphatic hydroxyl groups is 1. The Bertz CT molecular complexity index is 714. The number of H-pyrrole nitrogens is 1. The lowest BCUT2D eigenvalue weighted by Gasteiger charge is -2.22. The van der Waals surface area contributed by atoms with Gasteiger partial charge in [0.05, 0.1) is 25.0 Å². The predicted molar refractivity (Wildman–Crippen MR) is 109 cm³/mol. The highest BCUT2D eigenvalue weighted by atomic mass is 32.2. The first-order chi connectivity index (χ1) is 14.1. The first-order valence-electron chi connectivity index (χ1n) is 9.15. The number of nitrogens with zero attached hydrogens (tertiary/aromatic N) is 1. The topological polar surface area (TPSA) is 200 Å². The van der Waals surface area contributed by atoms with E-state index in [1.54, 1.807) is 0 Å². The molecule has 0 aliphatic heterocycles. The second-order valence-corrected chi connectivity index (χ2v) is 7.56. The number of rotatable bonds is 13. The van der Waals surface area contributed by atoms with Crippen LogP contribution in [-0.4, -0.2) is 86.7 Å². The number of aliphatic hydroxyl groups excluding tert-OH is 1. The van der Waals surface area contributed by atoms with Crippen LogP contribution in [-0.2, 0) is 25.6 Å². The number of hydrogen-bond acceptors (Lipinski definition) is 8. The Kier molecular flexibility index (Phi) is 10.9. The number of aromatic amines is 1. The maximum absolute atomic E-state index is 12.3. The van der Waals surface area contributed by atoms with Crippen molar-refractivity contribution >= 4 is 35.5 Å². The standard InChI is InChI=1S/C17H28N6O6S/c1-9(24)14(23-15(26)11(18)5-10-6-19-8-21-10)16(27)20-7-13(25)22-12(17(28)29)3-4-30-2/h6,8-9,11-12,14,24H,3-5,7,18H2,1-2H3,(H,19,21)(H,20,27)(H,22,25)(H,23,26)(H,28,29). The molecule has 0 aliphatic rings. The summed E-state index contributed by atoms with van der Waals surface area (Å²) in [6.45, 7) is 0.787. The number of aromatic nitrogens is 2. The van der Waals surface area contributed by atoms with Gasteiger partial charge < -0.3 is 36.9 Å². The van der Waals surface area contributed by atoms with Crippen molar-refractivity contribution in [1.82, 2.24) is 25.9 Å². The van der Waals surface area contributed by atoms with Crippen LogP contribution < -0.4 is 21.7 Å². The molecule has 0 aromatic carbocycles. The van der Waals surface area contributed by atoms with Gasteiger partial charge in [-0.05, 0) is 25.4 Å². The molecule has 0 saturated carbocycles. The molecule has 12 nitrogen and oxygen atoms in total. The van der Waals surface area contributed by atoms with Crippen molar-refractivity contribution in [2.75, 3.05) is 18.6 Å². The second-order valence-electron chi connectivity index (χ2n) is 6.57. The SMILES string of the molecule is CSCCC(NC(=O)CNC(=O)C(NC(=O)C(N)Cc1cnc[nH]1)C(C)O)C(=O)O. The fourth-order valence-electron chi connectivity index (χ4n) is 2.41. The Labute approximate surface area is 177 Å². The molecule has 4 unspecified atom stereocenters. The number of nitrogens with one attached hydrogen (secondary N) is 4. The van der Waals surface area contributed by atoms with E-state index in [0.717, 1.165) is 0 Å². The van der Waals surface area contributed by atoms with Crippen LogP contribution >= 0.6 is 11.8 Å². The van der Waals surface area contributed by atoms with Crippen LogP contribution in [0.5, 0.6) is 0 Å². The van der Waals surface area contributed by atoms with Crippen LogP contribution in [0.25, 0.3) is 0 Å². The molecule has 8 N–H and O–H groups in total. The van der Waals surface area contributed by atoms with Crippen LogP contribution in [0.4, 0.5) is 0 Å². The molecule has 0 saturated heterocycles. The average molecular weight is 445 g/mol. The molecule has 0 aliphatic carbocycles. The zero-order chi connectivity index (χ0) is 22.7. The van der Waals surface area contributed by atoms with E-state index in [1.165, 1.54) is 31.2 Å². The zero-order valence-electron chi connectivity index (χ0n) is 16.8. The van der Waals surface area contributed by atoms with Gasteiger partial charge in [-0.25, -0.2) is 9.78 Å². The molecule has 1 heterocycles. The van der Waals surface area contributed by atoms with E-state index in [0.29, 0.717) is 11.4 Å². The minimum Gasteiger partial charge on any atom is -0.480 e. The van der Waals surface area contributed by atoms with Gasteiger partial charge in [-0.2, -0.15) is 11.8 Å². The third-order valence-corrected chi connectivity index (χ3v) is 4.71. The minimum absolute atomic E-state index is 0.148. The zero-order valence-corrected chi connectivity index (χ0v) is 17.6. The molecular weight excluding hydrogens is 416 g/mol. The fourth-order valence-corrected chi connectivity index (χ4v) is 2.88. The number of nitrogens with two attached hydrogens (primary N) is 1. The number of carbonyl (C=O) groups excluding carboxylic acids is 3. The van der Waals surface area contributed by atoms with Crippen LogP contribution in [0.2, 0.25) is 0 Å². The molecule has 30 heavy (non-hydrogen) atoms. The van der Waals surface area contributed by atoms with Crippen molar-refractivity contribution in [1.29, 1.82) is 0 Å². The summed E-state index contributed by atoms with van der Waals surface area (Å²) in [5.41, 5.74) is 6.43. The third-order valence-electron chi connectivity index (χ3n) is 4.06. The lowest BCUT2D eigenvalue weighted by Crippen LogP contribution is -2.57. The summed E-state index contributed by atoms with van der Waals surface area (Å²) in [5.74, 6) is -2.82. The van der Waals surface area contributed by atoms with E-state index >= 15 is 0 Å². The number of carboxylic acid groups (broad SMARTS) is 1. The summed E-state index contributed by atoms with van der Waals surface area (Å²) in [6.07, 6.45) is 3.88. The summed E-state index contributed by atoms with van der Waals surface area (Å²) >= 11 is 1.44. The van der Waals surface area contributed by atoms with Crippen LogP contribution in [0, 0.1) is 0 Å². The van der Waals surface area contributed by atoms with Gasteiger partial charge in [0.1, 0.15) is 12.1 Å². The second kappa shape index (κ2) is 12.8. The number of thioether (sulfide) groups is 1. The first-order valence-corrected chi connectivity index (χ1v) is 10.5. The summed E-state index contributed by atoms with van der Waals surface area (Å²) in [7, 11) is 0. The van der Waals surface area contributed by atoms with Crippen molar-refractivity contribution < 1.29 is 29.4 Å². The Morgan fingerprint density at radius 1 is 1.27 bits per heavy atom. The highest BCUT2D eigenvalue weighted by molar-refractivity contribution is 7.98. The Morgan fingerprint density at radius 3 is 2.50 bits per heavy atom. The number of amides is 3. The lowest BCUT2D eigenvalue weighted by atomic mass is 10.1. The number of carboxylic acids is 1. The van der Waals surface area contributed by atoms with Crippen molar-refractivity contribution in [3.8, 4) is 0 Å². The molecule has 1 rings (SSSR count). The third kappa shape index (κ3) is 8.80. The molecule has 1 aromatic heterocycles. The van der Waals surface area contributed by atoms with E-state index < -0.39 is 54.5 Å². The van der Waals surface area contributed by atoms with Crippen LogP contribution in [0.1, 0.15) is 19.0 Å². The Morgan fingerprint density at radius 2 is 1.97 bits per heavy atom. The summed E-state index contributed by atoms with van der Waals surface area (Å²) in [5, 5.41) is 25.9. The van der Waals surface area contributed by atoms with Crippen molar-refractivity contribution in [3.05, 3.63) is 18.2 Å². The van der Waals surface area contributed by atoms with Gasteiger partial charge in [0.2, 0.25) is 17.7 Å². The maximum Gasteiger partial charge on any atom is 0.326 e. The highest BCUT2D eigenvalue weighted by Crippen LogP contribution is 2.01. The van der Waals surface area contributed by atoms with Crippen molar-refractivity contribution in [3.63, 3.8) is 0 Å². The number of aliphatic carboxylic acids is 1. The van der Waals surface area contributed by atoms with Crippen molar-refractivity contribution in [2.45, 2.75) is 44.0 Å². The molecule has 0 bridgehead atoms. The summed E-state index contributed by atoms with van der Waals surface area (Å²) < 4.78 is 0. The van der Waals surface area contributed by atoms with E-state index in [1.807, 2.05) is 6.26 Å². The minimum atomic E-state index is -1.34. The van der Waals surface area contributed by atoms with Gasteiger partial charge in [0, 0.05) is 18.3 Å². The van der Waals surface area contributed by atoms with Gasteiger partial charge >= 0.3 is 5.97 Å². The first kappa shape index (κ1) is 25.4. The van der Waals surface area contributed by atoms with Gasteiger partial charge in [0.25, 0.3) is 0 Å². The molecule has 168 valence electrons. The van der Waals surface area contributed by atoms with Crippen molar-refractivity contribution in [2.24, 2.45) is 5.73 Å². The average Bonchev–Trinajstić information content (AvgIpc) is 3.19. The van der Waals surface area contributed by atoms with Crippen LogP contribution in [0.15, 0.2) is 12.5 Å². The van der Waals surface area contributed by atoms with E-state index in [-0.39, 0.29) is 12.8 Å². The number of hydrogen-bond donors (Lipinski definition) is 7. The van der Waals surface area contributed by atoms with Gasteiger partial charge in [-0.3, -0.25) is 14.4 Å². The quantitative estimate of drug-likeness (QED) is 0.173. The van der Waals surface area contributed by atoms with E-state index in [2.05, 4.69) is 25.9 Å². The molecule has 1 aromatic rings. The number of imidazole rings is 1. The molecule has 13 heteroatoms. The Balaban J connectivity index is 2.57. The summed E-state index contributed by atoms with van der Waals surface area (Å²) in [6, 6.07) is -3.41. The molecule has 3 amide bonds. The smallest absolute Gasteiger partial charge is 0.326 e. The van der Waals surface area contributed by atoms with Gasteiger partial charge in [-0.1, -0.05) is 0 Å². The molecular formula is C17H28N6O6S. The maximum atomic E-state index is 12.3. The monoisotopic (exact) mass is 444 g/mol. The summed E-state index contributed by atoms with van der Waals surface area (Å²) in [4.78, 5) is 54.3. The van der Waals surface area contributed by atoms with E-state index in [9.17, 15) is 24.3 Å². The fraction of sp³-hybridized carbons (Fsp3) is 0.588. The largest absolute Gasteiger partial charge is 0.480 e.